The number of carbonyl (C=O) groups excluding carboxylic acids is 1. The van der Waals surface area contributed by atoms with Gasteiger partial charge in [-0.05, 0) is 39.3 Å². The molecule has 0 bridgehead atoms. The van der Waals surface area contributed by atoms with Crippen LogP contribution in [0.15, 0.2) is 18.5 Å². The number of nitrogens with zero attached hydrogens (tertiary/aromatic N) is 4. The molecule has 25 heavy (non-hydrogen) atoms. The van der Waals surface area contributed by atoms with E-state index in [9.17, 15) is 4.79 Å². The molecular formula is C18H31N5O2. The summed E-state index contributed by atoms with van der Waals surface area (Å²) < 4.78 is 7.38. The Bertz CT molecular complexity index is 540. The molecule has 7 nitrogen and oxygen atoms in total. The Kier molecular flexibility index (Phi) is 6.09. The summed E-state index contributed by atoms with van der Waals surface area (Å²) in [5, 5.41) is 7.43. The first-order chi connectivity index (χ1) is 12.0. The Labute approximate surface area is 150 Å². The number of carbonyl (C=O) groups is 1. The van der Waals surface area contributed by atoms with Crippen molar-refractivity contribution >= 4 is 5.91 Å². The van der Waals surface area contributed by atoms with Gasteiger partial charge in [0.25, 0.3) is 0 Å². The summed E-state index contributed by atoms with van der Waals surface area (Å²) in [4.78, 5) is 17.1. The zero-order valence-electron chi connectivity index (χ0n) is 15.5. The number of morpholine rings is 1. The minimum Gasteiger partial charge on any atom is -0.379 e. The number of rotatable bonds is 7. The standard InChI is InChI=1S/C18H31N5O2/c1-18(2,22-9-11-25-12-10-22)15-19-17(24)14-21-7-3-5-16(21)13-23-8-4-6-20-23/h4,6,8,16H,3,5,7,9-15H2,1-2H3,(H,19,24). The molecule has 2 fully saturated rings. The van der Waals surface area contributed by atoms with E-state index >= 15 is 0 Å². The maximum Gasteiger partial charge on any atom is 0.234 e. The molecule has 0 aromatic carbocycles. The van der Waals surface area contributed by atoms with Gasteiger partial charge in [0.15, 0.2) is 0 Å². The lowest BCUT2D eigenvalue weighted by molar-refractivity contribution is -0.123. The molecule has 1 unspecified atom stereocenters. The van der Waals surface area contributed by atoms with E-state index in [0.717, 1.165) is 52.2 Å². The van der Waals surface area contributed by atoms with E-state index in [1.54, 1.807) is 6.20 Å². The highest BCUT2D eigenvalue weighted by molar-refractivity contribution is 5.78. The van der Waals surface area contributed by atoms with Crippen molar-refractivity contribution < 1.29 is 9.53 Å². The number of aromatic nitrogens is 2. The third-order valence-corrected chi connectivity index (χ3v) is 5.39. The first kappa shape index (κ1) is 18.4. The molecule has 1 N–H and O–H groups in total. The minimum absolute atomic E-state index is 0.0427. The number of hydrogen-bond donors (Lipinski definition) is 1. The van der Waals surface area contributed by atoms with Crippen LogP contribution in [0.25, 0.3) is 0 Å². The molecule has 0 radical (unpaired) electrons. The van der Waals surface area contributed by atoms with Crippen molar-refractivity contribution in [2.45, 2.75) is 44.8 Å². The molecule has 1 amide bonds. The van der Waals surface area contributed by atoms with Crippen LogP contribution in [0, 0.1) is 0 Å². The van der Waals surface area contributed by atoms with Gasteiger partial charge in [0.2, 0.25) is 5.91 Å². The number of nitrogens with one attached hydrogen (secondary N) is 1. The molecule has 140 valence electrons. The molecule has 0 aliphatic carbocycles. The average Bonchev–Trinajstić information content (AvgIpc) is 3.27. The maximum atomic E-state index is 12.5. The van der Waals surface area contributed by atoms with Crippen LogP contribution in [0.3, 0.4) is 0 Å². The highest BCUT2D eigenvalue weighted by Crippen LogP contribution is 2.18. The molecule has 0 saturated carbocycles. The van der Waals surface area contributed by atoms with Gasteiger partial charge < -0.3 is 10.1 Å². The van der Waals surface area contributed by atoms with E-state index in [-0.39, 0.29) is 11.4 Å². The maximum absolute atomic E-state index is 12.5. The Morgan fingerprint density at radius 3 is 2.84 bits per heavy atom. The van der Waals surface area contributed by atoms with Crippen molar-refractivity contribution in [2.24, 2.45) is 0 Å². The van der Waals surface area contributed by atoms with Crippen LogP contribution >= 0.6 is 0 Å². The van der Waals surface area contributed by atoms with Crippen LogP contribution < -0.4 is 5.32 Å². The quantitative estimate of drug-likeness (QED) is 0.780. The molecule has 1 atom stereocenters. The summed E-state index contributed by atoms with van der Waals surface area (Å²) in [7, 11) is 0. The second kappa shape index (κ2) is 8.29. The highest BCUT2D eigenvalue weighted by atomic mass is 16.5. The largest absolute Gasteiger partial charge is 0.379 e. The van der Waals surface area contributed by atoms with Crippen LogP contribution in [-0.4, -0.2) is 83.0 Å². The second-order valence-electron chi connectivity index (χ2n) is 7.68. The zero-order chi connectivity index (χ0) is 17.7. The third-order valence-electron chi connectivity index (χ3n) is 5.39. The lowest BCUT2D eigenvalue weighted by Gasteiger charge is -2.41. The van der Waals surface area contributed by atoms with Gasteiger partial charge in [-0.25, -0.2) is 0 Å². The topological polar surface area (TPSA) is 62.6 Å². The van der Waals surface area contributed by atoms with Crippen LogP contribution in [-0.2, 0) is 16.1 Å². The Balaban J connectivity index is 1.45. The third kappa shape index (κ3) is 5.03. The predicted octanol–water partition coefficient (Wildman–Crippen LogP) is 0.575. The average molecular weight is 349 g/mol. The van der Waals surface area contributed by atoms with E-state index in [1.165, 1.54) is 0 Å². The van der Waals surface area contributed by atoms with Crippen molar-refractivity contribution in [1.29, 1.82) is 0 Å². The molecule has 7 heteroatoms. The fourth-order valence-electron chi connectivity index (χ4n) is 3.77. The van der Waals surface area contributed by atoms with E-state index < -0.39 is 0 Å². The predicted molar refractivity (Wildman–Crippen MR) is 96.3 cm³/mol. The number of ether oxygens (including phenoxy) is 1. The summed E-state index contributed by atoms with van der Waals surface area (Å²) in [6.07, 6.45) is 6.08. The van der Waals surface area contributed by atoms with Gasteiger partial charge in [-0.1, -0.05) is 0 Å². The Hall–Kier alpha value is -1.44. The fraction of sp³-hybridized carbons (Fsp3) is 0.778. The number of amides is 1. The van der Waals surface area contributed by atoms with Crippen LogP contribution in [0.4, 0.5) is 0 Å². The van der Waals surface area contributed by atoms with Crippen molar-refractivity contribution in [1.82, 2.24) is 24.9 Å². The lowest BCUT2D eigenvalue weighted by Crippen LogP contribution is -2.56. The van der Waals surface area contributed by atoms with Gasteiger partial charge in [0, 0.05) is 43.6 Å². The molecule has 1 aromatic rings. The second-order valence-corrected chi connectivity index (χ2v) is 7.68. The summed E-state index contributed by atoms with van der Waals surface area (Å²) in [5.74, 6) is 0.119. The minimum atomic E-state index is -0.0427. The summed E-state index contributed by atoms with van der Waals surface area (Å²) in [5.41, 5.74) is -0.0427. The smallest absolute Gasteiger partial charge is 0.234 e. The molecule has 2 saturated heterocycles. The fourth-order valence-corrected chi connectivity index (χ4v) is 3.77. The molecule has 3 rings (SSSR count). The van der Waals surface area contributed by atoms with Gasteiger partial charge in [0.1, 0.15) is 0 Å². The normalized spacial score (nSPS) is 23.0. The van der Waals surface area contributed by atoms with E-state index in [0.29, 0.717) is 19.1 Å². The van der Waals surface area contributed by atoms with Crippen molar-refractivity contribution in [2.75, 3.05) is 45.9 Å². The molecule has 3 heterocycles. The SMILES string of the molecule is CC(C)(CNC(=O)CN1CCCC1Cn1cccn1)N1CCOCC1. The summed E-state index contributed by atoms with van der Waals surface area (Å²) >= 11 is 0. The zero-order valence-corrected chi connectivity index (χ0v) is 15.5. The molecule has 0 spiro atoms. The lowest BCUT2D eigenvalue weighted by atomic mass is 10.0. The monoisotopic (exact) mass is 349 g/mol. The van der Waals surface area contributed by atoms with Crippen LogP contribution in [0.1, 0.15) is 26.7 Å². The first-order valence-corrected chi connectivity index (χ1v) is 9.35. The van der Waals surface area contributed by atoms with Crippen molar-refractivity contribution in [3.05, 3.63) is 18.5 Å². The number of likely N-dealkylation sites (tertiary alicyclic amines) is 1. The van der Waals surface area contributed by atoms with Crippen LogP contribution in [0.2, 0.25) is 0 Å². The van der Waals surface area contributed by atoms with Crippen molar-refractivity contribution in [3.63, 3.8) is 0 Å². The Morgan fingerprint density at radius 2 is 2.12 bits per heavy atom. The van der Waals surface area contributed by atoms with Gasteiger partial charge in [-0.15, -0.1) is 0 Å². The first-order valence-electron chi connectivity index (χ1n) is 9.35. The molecule has 1 aromatic heterocycles. The Morgan fingerprint density at radius 1 is 1.32 bits per heavy atom. The van der Waals surface area contributed by atoms with Gasteiger partial charge in [-0.3, -0.25) is 19.3 Å². The van der Waals surface area contributed by atoms with Gasteiger partial charge >= 0.3 is 0 Å². The van der Waals surface area contributed by atoms with Crippen molar-refractivity contribution in [3.8, 4) is 0 Å². The summed E-state index contributed by atoms with van der Waals surface area (Å²) in [6.45, 7) is 10.8. The molecular weight excluding hydrogens is 318 g/mol. The van der Waals surface area contributed by atoms with E-state index in [4.69, 9.17) is 4.74 Å². The number of hydrogen-bond acceptors (Lipinski definition) is 5. The summed E-state index contributed by atoms with van der Waals surface area (Å²) in [6, 6.07) is 2.35. The molecule has 2 aliphatic heterocycles. The molecule has 2 aliphatic rings. The highest BCUT2D eigenvalue weighted by Gasteiger charge is 2.30. The van der Waals surface area contributed by atoms with E-state index in [1.807, 2.05) is 16.9 Å². The van der Waals surface area contributed by atoms with Gasteiger partial charge in [-0.2, -0.15) is 5.10 Å². The van der Waals surface area contributed by atoms with Crippen LogP contribution in [0.5, 0.6) is 0 Å². The van der Waals surface area contributed by atoms with E-state index in [2.05, 4.69) is 34.1 Å². The van der Waals surface area contributed by atoms with Gasteiger partial charge in [0.05, 0.1) is 26.3 Å².